The van der Waals surface area contributed by atoms with Gasteiger partial charge in [-0.1, -0.05) is 24.8 Å². The fraction of sp³-hybridized carbons (Fsp3) is 0.450. The number of amidine groups is 1. The summed E-state index contributed by atoms with van der Waals surface area (Å²) in [4.78, 5) is 11.1. The molecule has 130 valence electrons. The SMILES string of the molecule is C=CC1=C(/C=C/C(C)N2CCC3=CC(CC2)N=C(C#N)N=C3)OCC1. The molecule has 5 heteroatoms. The van der Waals surface area contributed by atoms with Crippen LogP contribution in [0.1, 0.15) is 26.2 Å². The van der Waals surface area contributed by atoms with Gasteiger partial charge in [-0.2, -0.15) is 5.26 Å². The number of nitriles is 1. The van der Waals surface area contributed by atoms with E-state index in [1.165, 1.54) is 5.57 Å². The zero-order valence-electron chi connectivity index (χ0n) is 14.7. The molecule has 0 aromatic rings. The molecule has 0 amide bonds. The molecular weight excluding hydrogens is 312 g/mol. The summed E-state index contributed by atoms with van der Waals surface area (Å²) in [6.45, 7) is 8.71. The first-order valence-corrected chi connectivity index (χ1v) is 8.83. The van der Waals surface area contributed by atoms with E-state index in [1.54, 1.807) is 6.21 Å². The minimum absolute atomic E-state index is 0.0411. The molecule has 3 rings (SSSR count). The molecule has 0 N–H and O–H groups in total. The summed E-state index contributed by atoms with van der Waals surface area (Å²) in [7, 11) is 0. The largest absolute Gasteiger partial charge is 0.493 e. The molecule has 3 aliphatic heterocycles. The Morgan fingerprint density at radius 3 is 3.12 bits per heavy atom. The highest BCUT2D eigenvalue weighted by Crippen LogP contribution is 2.22. The first kappa shape index (κ1) is 17.4. The summed E-state index contributed by atoms with van der Waals surface area (Å²) in [6.07, 6.45) is 12.9. The second kappa shape index (κ2) is 8.09. The Hall–Kier alpha value is -2.45. The van der Waals surface area contributed by atoms with E-state index in [0.717, 1.165) is 50.3 Å². The number of allylic oxidation sites excluding steroid dienone is 2. The average Bonchev–Trinajstić information content (AvgIpc) is 2.95. The molecular formula is C20H24N4O. The van der Waals surface area contributed by atoms with E-state index < -0.39 is 0 Å². The van der Waals surface area contributed by atoms with Crippen LogP contribution in [0.3, 0.4) is 0 Å². The van der Waals surface area contributed by atoms with Crippen molar-refractivity contribution in [2.24, 2.45) is 9.98 Å². The molecule has 2 bridgehead atoms. The Kier molecular flexibility index (Phi) is 5.62. The zero-order valence-corrected chi connectivity index (χ0v) is 14.7. The van der Waals surface area contributed by atoms with Gasteiger partial charge in [0.05, 0.1) is 12.6 Å². The summed E-state index contributed by atoms with van der Waals surface area (Å²) >= 11 is 0. The Labute approximate surface area is 149 Å². The Morgan fingerprint density at radius 1 is 1.44 bits per heavy atom. The van der Waals surface area contributed by atoms with Crippen LogP contribution in [0.2, 0.25) is 0 Å². The number of rotatable bonds is 4. The van der Waals surface area contributed by atoms with Crippen LogP contribution in [0, 0.1) is 11.3 Å². The highest BCUT2D eigenvalue weighted by atomic mass is 16.5. The van der Waals surface area contributed by atoms with E-state index in [9.17, 15) is 0 Å². The second-order valence-electron chi connectivity index (χ2n) is 6.50. The predicted octanol–water partition coefficient (Wildman–Crippen LogP) is 3.19. The van der Waals surface area contributed by atoms with Crippen LogP contribution < -0.4 is 0 Å². The molecule has 5 nitrogen and oxygen atoms in total. The third-order valence-electron chi connectivity index (χ3n) is 4.84. The first-order valence-electron chi connectivity index (χ1n) is 8.83. The molecule has 3 heterocycles. The van der Waals surface area contributed by atoms with Gasteiger partial charge in [0.2, 0.25) is 5.84 Å². The molecule has 0 saturated heterocycles. The number of hydrogen-bond donors (Lipinski definition) is 0. The molecule has 0 spiro atoms. The maximum atomic E-state index is 9.07. The van der Waals surface area contributed by atoms with E-state index in [2.05, 4.69) is 52.7 Å². The van der Waals surface area contributed by atoms with Gasteiger partial charge in [0.25, 0.3) is 0 Å². The van der Waals surface area contributed by atoms with Crippen molar-refractivity contribution in [2.75, 3.05) is 19.7 Å². The van der Waals surface area contributed by atoms with Crippen molar-refractivity contribution in [2.45, 2.75) is 38.3 Å². The molecule has 2 unspecified atom stereocenters. The fourth-order valence-corrected chi connectivity index (χ4v) is 3.30. The lowest BCUT2D eigenvalue weighted by molar-refractivity contribution is 0.233. The van der Waals surface area contributed by atoms with Crippen molar-refractivity contribution in [3.8, 4) is 6.07 Å². The molecule has 0 radical (unpaired) electrons. The van der Waals surface area contributed by atoms with E-state index in [0.29, 0.717) is 6.04 Å². The normalized spacial score (nSPS) is 25.4. The number of nitrogens with zero attached hydrogens (tertiary/aromatic N) is 4. The van der Waals surface area contributed by atoms with Gasteiger partial charge in [-0.25, -0.2) is 9.98 Å². The molecule has 2 atom stereocenters. The maximum Gasteiger partial charge on any atom is 0.228 e. The van der Waals surface area contributed by atoms with E-state index in [4.69, 9.17) is 10.00 Å². The summed E-state index contributed by atoms with van der Waals surface area (Å²) < 4.78 is 5.67. The molecule has 0 aromatic carbocycles. The van der Waals surface area contributed by atoms with Crippen molar-refractivity contribution in [1.29, 1.82) is 5.26 Å². The Morgan fingerprint density at radius 2 is 2.32 bits per heavy atom. The number of hydrogen-bond acceptors (Lipinski definition) is 5. The minimum atomic E-state index is 0.0411. The van der Waals surface area contributed by atoms with Crippen molar-refractivity contribution >= 4 is 12.1 Å². The third kappa shape index (κ3) is 4.34. The van der Waals surface area contributed by atoms with Gasteiger partial charge in [0.15, 0.2) is 0 Å². The summed E-state index contributed by atoms with van der Waals surface area (Å²) in [5.41, 5.74) is 2.34. The average molecular weight is 336 g/mol. The quantitative estimate of drug-likeness (QED) is 0.792. The van der Waals surface area contributed by atoms with Crippen LogP contribution in [-0.2, 0) is 4.74 Å². The van der Waals surface area contributed by atoms with E-state index in [-0.39, 0.29) is 11.9 Å². The number of ether oxygens (including phenoxy) is 1. The highest BCUT2D eigenvalue weighted by Gasteiger charge is 2.20. The van der Waals surface area contributed by atoms with Crippen LogP contribution in [0.25, 0.3) is 0 Å². The summed E-state index contributed by atoms with van der Waals surface area (Å²) in [5, 5.41) is 9.07. The van der Waals surface area contributed by atoms with Gasteiger partial charge in [-0.15, -0.1) is 0 Å². The monoisotopic (exact) mass is 336 g/mol. The number of fused-ring (bicyclic) bond motifs is 1. The lowest BCUT2D eigenvalue weighted by atomic mass is 10.0. The second-order valence-corrected chi connectivity index (χ2v) is 6.50. The van der Waals surface area contributed by atoms with Gasteiger partial charge in [-0.05, 0) is 37.0 Å². The van der Waals surface area contributed by atoms with Crippen LogP contribution in [0.15, 0.2) is 57.8 Å². The van der Waals surface area contributed by atoms with E-state index >= 15 is 0 Å². The highest BCUT2D eigenvalue weighted by molar-refractivity contribution is 6.04. The molecule has 25 heavy (non-hydrogen) atoms. The maximum absolute atomic E-state index is 9.07. The van der Waals surface area contributed by atoms with Crippen molar-refractivity contribution in [3.63, 3.8) is 0 Å². The Bertz CT molecular complexity index is 720. The van der Waals surface area contributed by atoms with Crippen LogP contribution >= 0.6 is 0 Å². The minimum Gasteiger partial charge on any atom is -0.493 e. The predicted molar refractivity (Wildman–Crippen MR) is 101 cm³/mol. The third-order valence-corrected chi connectivity index (χ3v) is 4.84. The lowest BCUT2D eigenvalue weighted by Crippen LogP contribution is -2.36. The molecule has 0 aliphatic carbocycles. The summed E-state index contributed by atoms with van der Waals surface area (Å²) in [6, 6.07) is 2.41. The number of aliphatic imine (C=N–C) groups is 2. The van der Waals surface area contributed by atoms with Gasteiger partial charge < -0.3 is 4.74 Å². The molecule has 0 aromatic heterocycles. The lowest BCUT2D eigenvalue weighted by Gasteiger charge is -2.29. The van der Waals surface area contributed by atoms with Gasteiger partial charge in [0.1, 0.15) is 11.8 Å². The molecule has 0 fully saturated rings. The standard InChI is InChI=1S/C20H24N4O/c1-3-17-8-11-25-19(17)5-4-15(2)24-9-6-16-12-18(7-10-24)23-20(13-21)22-14-16/h3-5,12,14-15,18H,1,6-11H2,2H3/b5-4+. The van der Waals surface area contributed by atoms with Crippen LogP contribution in [0.5, 0.6) is 0 Å². The topological polar surface area (TPSA) is 61.0 Å². The fourth-order valence-electron chi connectivity index (χ4n) is 3.30. The zero-order chi connectivity index (χ0) is 17.6. The van der Waals surface area contributed by atoms with Crippen LogP contribution in [0.4, 0.5) is 0 Å². The van der Waals surface area contributed by atoms with Crippen LogP contribution in [-0.4, -0.2) is 48.7 Å². The first-order chi connectivity index (χ1) is 12.2. The van der Waals surface area contributed by atoms with Crippen molar-refractivity contribution < 1.29 is 4.74 Å². The summed E-state index contributed by atoms with van der Waals surface area (Å²) in [5.74, 6) is 1.22. The van der Waals surface area contributed by atoms with E-state index in [1.807, 2.05) is 6.08 Å². The van der Waals surface area contributed by atoms with Gasteiger partial charge in [-0.3, -0.25) is 4.90 Å². The Balaban J connectivity index is 1.67. The molecule has 3 aliphatic rings. The van der Waals surface area contributed by atoms with Crippen molar-refractivity contribution in [1.82, 2.24) is 4.90 Å². The van der Waals surface area contributed by atoms with Crippen molar-refractivity contribution in [3.05, 3.63) is 47.8 Å². The molecule has 0 saturated carbocycles. The van der Waals surface area contributed by atoms with Gasteiger partial charge >= 0.3 is 0 Å². The smallest absolute Gasteiger partial charge is 0.228 e. The van der Waals surface area contributed by atoms with Gasteiger partial charge in [0, 0.05) is 31.8 Å².